The minimum Gasteiger partial charge on any atom is -0.456 e. The maximum atomic E-state index is 6.67. The molecular weight excluding hydrogens is 703 g/mol. The zero-order valence-corrected chi connectivity index (χ0v) is 31.6. The molecule has 0 fully saturated rings. The lowest BCUT2D eigenvalue weighted by atomic mass is 9.90. The lowest BCUT2D eigenvalue weighted by Gasteiger charge is -2.27. The molecule has 0 N–H and O–H groups in total. The van der Waals surface area contributed by atoms with Gasteiger partial charge in [-0.3, -0.25) is 0 Å². The van der Waals surface area contributed by atoms with Crippen LogP contribution in [0.1, 0.15) is 0 Å². The van der Waals surface area contributed by atoms with Crippen LogP contribution < -0.4 is 4.90 Å². The molecule has 11 aromatic carbocycles. The van der Waals surface area contributed by atoms with E-state index in [0.29, 0.717) is 0 Å². The standard InChI is InChI=1S/C56H35NO/c1-2-14-39-33-55-54(31-38(39)13-1)51-29-28-43(35-56(51)58-55)57(42-26-24-37(25-27-42)46-23-11-17-36-12-3-6-18-45(36)46)44-30-40-15-4-8-20-48(40)53(34-44)52-32-41-16-5-7-19-47(41)49-21-9-10-22-50(49)52/h1-35H. The molecule has 12 rings (SSSR count). The van der Waals surface area contributed by atoms with E-state index < -0.39 is 0 Å². The number of rotatable bonds is 5. The zero-order chi connectivity index (χ0) is 38.2. The summed E-state index contributed by atoms with van der Waals surface area (Å²) < 4.78 is 6.67. The van der Waals surface area contributed by atoms with Gasteiger partial charge in [-0.05, 0) is 131 Å². The fraction of sp³-hybridized carbons (Fsp3) is 0. The molecule has 0 aliphatic heterocycles. The van der Waals surface area contributed by atoms with Crippen molar-refractivity contribution in [1.29, 1.82) is 0 Å². The molecular formula is C56H35NO. The van der Waals surface area contributed by atoms with Gasteiger partial charge in [0.1, 0.15) is 11.2 Å². The second-order valence-electron chi connectivity index (χ2n) is 15.3. The van der Waals surface area contributed by atoms with Gasteiger partial charge in [0.15, 0.2) is 0 Å². The Bertz CT molecular complexity index is 3570. The maximum Gasteiger partial charge on any atom is 0.137 e. The predicted octanol–water partition coefficient (Wildman–Crippen LogP) is 16.2. The number of hydrogen-bond donors (Lipinski definition) is 0. The number of anilines is 3. The van der Waals surface area contributed by atoms with Gasteiger partial charge in [0.25, 0.3) is 0 Å². The summed E-state index contributed by atoms with van der Waals surface area (Å²) in [5, 5.41) is 14.5. The quantitative estimate of drug-likeness (QED) is 0.164. The molecule has 0 atom stereocenters. The van der Waals surface area contributed by atoms with Gasteiger partial charge in [0.05, 0.1) is 0 Å². The molecule has 2 nitrogen and oxygen atoms in total. The monoisotopic (exact) mass is 737 g/mol. The summed E-state index contributed by atoms with van der Waals surface area (Å²) in [5.74, 6) is 0. The van der Waals surface area contributed by atoms with Gasteiger partial charge < -0.3 is 9.32 Å². The van der Waals surface area contributed by atoms with Crippen molar-refractivity contribution < 1.29 is 4.42 Å². The first-order valence-corrected chi connectivity index (χ1v) is 19.9. The highest BCUT2D eigenvalue weighted by molar-refractivity contribution is 6.17. The van der Waals surface area contributed by atoms with Crippen molar-refractivity contribution in [3.05, 3.63) is 212 Å². The van der Waals surface area contributed by atoms with Crippen LogP contribution >= 0.6 is 0 Å². The smallest absolute Gasteiger partial charge is 0.137 e. The Morgan fingerprint density at radius 1 is 0.259 bits per heavy atom. The fourth-order valence-electron chi connectivity index (χ4n) is 9.23. The normalized spacial score (nSPS) is 11.8. The van der Waals surface area contributed by atoms with Crippen LogP contribution in [0.2, 0.25) is 0 Å². The Morgan fingerprint density at radius 3 is 1.59 bits per heavy atom. The summed E-state index contributed by atoms with van der Waals surface area (Å²) in [6, 6.07) is 77.2. The molecule has 0 bridgehead atoms. The Hall–Kier alpha value is -7.68. The highest BCUT2D eigenvalue weighted by Crippen LogP contribution is 2.45. The Balaban J connectivity index is 1.09. The third-order valence-corrected chi connectivity index (χ3v) is 12.0. The molecule has 2 heteroatoms. The van der Waals surface area contributed by atoms with Crippen molar-refractivity contribution in [2.75, 3.05) is 4.90 Å². The lowest BCUT2D eigenvalue weighted by molar-refractivity contribution is 0.669. The summed E-state index contributed by atoms with van der Waals surface area (Å²) >= 11 is 0. The Labute approximate surface area is 335 Å². The molecule has 0 saturated carbocycles. The fourth-order valence-corrected chi connectivity index (χ4v) is 9.23. The summed E-state index contributed by atoms with van der Waals surface area (Å²) in [6.45, 7) is 0. The van der Waals surface area contributed by atoms with Crippen molar-refractivity contribution in [2.45, 2.75) is 0 Å². The van der Waals surface area contributed by atoms with Crippen molar-refractivity contribution in [1.82, 2.24) is 0 Å². The van der Waals surface area contributed by atoms with Crippen LogP contribution in [0.5, 0.6) is 0 Å². The molecule has 12 aromatic rings. The van der Waals surface area contributed by atoms with Gasteiger partial charge in [0, 0.05) is 33.9 Å². The van der Waals surface area contributed by atoms with Crippen LogP contribution in [0.15, 0.2) is 217 Å². The molecule has 0 aliphatic rings. The first kappa shape index (κ1) is 32.6. The summed E-state index contributed by atoms with van der Waals surface area (Å²) in [7, 11) is 0. The third-order valence-electron chi connectivity index (χ3n) is 12.0. The molecule has 0 radical (unpaired) electrons. The van der Waals surface area contributed by atoms with Crippen LogP contribution in [-0.4, -0.2) is 0 Å². The topological polar surface area (TPSA) is 16.4 Å². The molecule has 0 spiro atoms. The van der Waals surface area contributed by atoms with Gasteiger partial charge in [-0.1, -0.05) is 152 Å². The third kappa shape index (κ3) is 5.19. The van der Waals surface area contributed by atoms with Gasteiger partial charge in [-0.15, -0.1) is 0 Å². The molecule has 1 heterocycles. The summed E-state index contributed by atoms with van der Waals surface area (Å²) in [6.07, 6.45) is 0. The first-order valence-electron chi connectivity index (χ1n) is 19.9. The van der Waals surface area contributed by atoms with E-state index in [-0.39, 0.29) is 0 Å². The number of nitrogens with zero attached hydrogens (tertiary/aromatic N) is 1. The van der Waals surface area contributed by atoms with Crippen LogP contribution in [-0.2, 0) is 0 Å². The summed E-state index contributed by atoms with van der Waals surface area (Å²) in [5.41, 5.74) is 9.75. The van der Waals surface area contributed by atoms with E-state index in [1.54, 1.807) is 0 Å². The lowest BCUT2D eigenvalue weighted by Crippen LogP contribution is -2.10. The molecule has 0 unspecified atom stereocenters. The van der Waals surface area contributed by atoms with Crippen molar-refractivity contribution in [2.24, 2.45) is 0 Å². The number of furan rings is 1. The van der Waals surface area contributed by atoms with Crippen molar-refractivity contribution in [3.8, 4) is 22.3 Å². The largest absolute Gasteiger partial charge is 0.456 e. The molecule has 270 valence electrons. The number of benzene rings is 11. The second kappa shape index (κ2) is 12.9. The highest BCUT2D eigenvalue weighted by Gasteiger charge is 2.20. The minimum atomic E-state index is 0.863. The van der Waals surface area contributed by atoms with Crippen LogP contribution in [0.3, 0.4) is 0 Å². The van der Waals surface area contributed by atoms with Crippen LogP contribution in [0, 0.1) is 0 Å². The van der Waals surface area contributed by atoms with E-state index in [0.717, 1.165) is 39.0 Å². The van der Waals surface area contributed by atoms with Crippen molar-refractivity contribution >= 4 is 92.9 Å². The molecule has 1 aromatic heterocycles. The van der Waals surface area contributed by atoms with E-state index in [1.165, 1.54) is 76.1 Å². The van der Waals surface area contributed by atoms with E-state index in [4.69, 9.17) is 4.42 Å². The Morgan fingerprint density at radius 2 is 0.810 bits per heavy atom. The van der Waals surface area contributed by atoms with Gasteiger partial charge in [-0.2, -0.15) is 0 Å². The highest BCUT2D eigenvalue weighted by atomic mass is 16.3. The summed E-state index contributed by atoms with van der Waals surface area (Å²) in [4.78, 5) is 2.38. The second-order valence-corrected chi connectivity index (χ2v) is 15.3. The van der Waals surface area contributed by atoms with Gasteiger partial charge >= 0.3 is 0 Å². The van der Waals surface area contributed by atoms with E-state index in [1.807, 2.05) is 0 Å². The average molecular weight is 738 g/mol. The first-order chi connectivity index (χ1) is 28.7. The van der Waals surface area contributed by atoms with Crippen LogP contribution in [0.25, 0.3) is 98.1 Å². The van der Waals surface area contributed by atoms with E-state index in [9.17, 15) is 0 Å². The van der Waals surface area contributed by atoms with Crippen molar-refractivity contribution in [3.63, 3.8) is 0 Å². The zero-order valence-electron chi connectivity index (χ0n) is 31.6. The SMILES string of the molecule is c1ccc2cc3c(cc2c1)oc1cc(N(c2ccc(-c4cccc5ccccc45)cc2)c2cc(-c4cc5ccccc5c5ccccc45)c4ccccc4c2)ccc13. The van der Waals surface area contributed by atoms with Gasteiger partial charge in [0.2, 0.25) is 0 Å². The molecule has 0 amide bonds. The van der Waals surface area contributed by atoms with Gasteiger partial charge in [-0.25, -0.2) is 0 Å². The maximum absolute atomic E-state index is 6.67. The Kier molecular flexibility index (Phi) is 7.26. The number of hydrogen-bond acceptors (Lipinski definition) is 2. The average Bonchev–Trinajstić information content (AvgIpc) is 3.64. The molecule has 0 saturated heterocycles. The minimum absolute atomic E-state index is 0.863. The molecule has 0 aliphatic carbocycles. The van der Waals surface area contributed by atoms with E-state index in [2.05, 4.69) is 217 Å². The van der Waals surface area contributed by atoms with E-state index >= 15 is 0 Å². The van der Waals surface area contributed by atoms with Crippen LogP contribution in [0.4, 0.5) is 17.1 Å². The number of fused-ring (bicyclic) bond motifs is 9. The molecule has 58 heavy (non-hydrogen) atoms. The predicted molar refractivity (Wildman–Crippen MR) is 247 cm³/mol.